The molecular formula is C19H21N3O2S. The molecule has 25 heavy (non-hydrogen) atoms. The third-order valence-corrected chi connectivity index (χ3v) is 5.70. The van der Waals surface area contributed by atoms with Crippen LogP contribution in [0.15, 0.2) is 35.8 Å². The highest BCUT2D eigenvalue weighted by atomic mass is 32.1. The van der Waals surface area contributed by atoms with Gasteiger partial charge in [-0.05, 0) is 18.4 Å². The molecule has 3 aromatic rings. The van der Waals surface area contributed by atoms with Gasteiger partial charge in [0.05, 0.1) is 18.3 Å². The van der Waals surface area contributed by atoms with Gasteiger partial charge in [0, 0.05) is 30.8 Å². The van der Waals surface area contributed by atoms with E-state index in [1.807, 2.05) is 23.0 Å². The topological polar surface area (TPSA) is 46.8 Å². The van der Waals surface area contributed by atoms with Crippen LogP contribution in [-0.4, -0.2) is 46.5 Å². The zero-order valence-corrected chi connectivity index (χ0v) is 15.3. The van der Waals surface area contributed by atoms with Gasteiger partial charge >= 0.3 is 0 Å². The van der Waals surface area contributed by atoms with E-state index in [9.17, 15) is 4.79 Å². The van der Waals surface area contributed by atoms with Crippen molar-refractivity contribution in [1.29, 1.82) is 0 Å². The third-order valence-electron chi connectivity index (χ3n) is 4.86. The fourth-order valence-corrected chi connectivity index (χ4v) is 4.01. The molecule has 1 atom stereocenters. The van der Waals surface area contributed by atoms with Gasteiger partial charge in [-0.1, -0.05) is 31.2 Å². The average molecular weight is 355 g/mol. The van der Waals surface area contributed by atoms with Gasteiger partial charge in [-0.3, -0.25) is 9.20 Å². The first kappa shape index (κ1) is 16.3. The molecule has 1 aromatic carbocycles. The van der Waals surface area contributed by atoms with Crippen LogP contribution in [0.2, 0.25) is 0 Å². The van der Waals surface area contributed by atoms with E-state index in [-0.39, 0.29) is 11.9 Å². The number of nitrogens with zero attached hydrogens (tertiary/aromatic N) is 3. The zero-order valence-electron chi connectivity index (χ0n) is 14.4. The van der Waals surface area contributed by atoms with Crippen LogP contribution in [0.25, 0.3) is 16.2 Å². The molecule has 0 unspecified atom stereocenters. The fourth-order valence-electron chi connectivity index (χ4n) is 3.16. The molecule has 130 valence electrons. The van der Waals surface area contributed by atoms with Crippen molar-refractivity contribution in [1.82, 2.24) is 14.3 Å². The molecule has 0 N–H and O–H groups in total. The lowest BCUT2D eigenvalue weighted by molar-refractivity contribution is 0.0704. The molecule has 0 radical (unpaired) electrons. The molecule has 0 bridgehead atoms. The Bertz CT molecular complexity index is 891. The second-order valence-corrected chi connectivity index (χ2v) is 7.22. The van der Waals surface area contributed by atoms with Gasteiger partial charge in [0.25, 0.3) is 5.91 Å². The minimum absolute atomic E-state index is 0.0204. The number of ether oxygens (including phenoxy) is 1. The van der Waals surface area contributed by atoms with Gasteiger partial charge in [0.15, 0.2) is 4.96 Å². The van der Waals surface area contributed by atoms with Gasteiger partial charge in [-0.25, -0.2) is 4.98 Å². The maximum atomic E-state index is 12.9. The van der Waals surface area contributed by atoms with E-state index < -0.39 is 0 Å². The second kappa shape index (κ2) is 6.61. The molecular weight excluding hydrogens is 334 g/mol. The molecule has 3 heterocycles. The first-order valence-electron chi connectivity index (χ1n) is 8.58. The standard InChI is InChI=1S/C19H21N3O2S/c1-3-13-4-6-14(7-5-13)16-10-22-17(12-25-19(22)20-16)18(23)21(2)15-8-9-24-11-15/h4-7,10,12,15H,3,8-9,11H2,1-2H3/t15-/m0/s1. The molecule has 1 aliphatic heterocycles. The third kappa shape index (κ3) is 2.96. The maximum absolute atomic E-state index is 12.9. The van der Waals surface area contributed by atoms with Gasteiger partial charge in [-0.15, -0.1) is 11.3 Å². The van der Waals surface area contributed by atoms with Gasteiger partial charge in [0.1, 0.15) is 5.69 Å². The monoisotopic (exact) mass is 355 g/mol. The highest BCUT2D eigenvalue weighted by Gasteiger charge is 2.27. The average Bonchev–Trinajstić information content (AvgIpc) is 3.37. The van der Waals surface area contributed by atoms with Crippen molar-refractivity contribution >= 4 is 22.2 Å². The first-order chi connectivity index (χ1) is 12.2. The molecule has 1 amide bonds. The summed E-state index contributed by atoms with van der Waals surface area (Å²) in [6.45, 7) is 3.49. The minimum Gasteiger partial charge on any atom is -0.379 e. The van der Waals surface area contributed by atoms with Crippen molar-refractivity contribution in [3.63, 3.8) is 0 Å². The molecule has 1 saturated heterocycles. The van der Waals surface area contributed by atoms with Gasteiger partial charge in [-0.2, -0.15) is 0 Å². The Morgan fingerprint density at radius 2 is 2.20 bits per heavy atom. The smallest absolute Gasteiger partial charge is 0.271 e. The number of fused-ring (bicyclic) bond motifs is 1. The van der Waals surface area contributed by atoms with Crippen LogP contribution in [0.4, 0.5) is 0 Å². The Labute approximate surface area is 150 Å². The molecule has 2 aromatic heterocycles. The number of hydrogen-bond acceptors (Lipinski definition) is 4. The summed E-state index contributed by atoms with van der Waals surface area (Å²) in [5.41, 5.74) is 3.94. The zero-order chi connectivity index (χ0) is 17.4. The summed E-state index contributed by atoms with van der Waals surface area (Å²) in [5.74, 6) is 0.0204. The van der Waals surface area contributed by atoms with Crippen molar-refractivity contribution in [2.75, 3.05) is 20.3 Å². The number of likely N-dealkylation sites (N-methyl/N-ethyl adjacent to an activating group) is 1. The molecule has 5 nitrogen and oxygen atoms in total. The van der Waals surface area contributed by atoms with Crippen LogP contribution >= 0.6 is 11.3 Å². The van der Waals surface area contributed by atoms with Gasteiger partial charge in [0.2, 0.25) is 0 Å². The number of carbonyl (C=O) groups is 1. The number of hydrogen-bond donors (Lipinski definition) is 0. The highest BCUT2D eigenvalue weighted by Crippen LogP contribution is 2.25. The van der Waals surface area contributed by atoms with E-state index in [0.717, 1.165) is 35.7 Å². The SMILES string of the molecule is CCc1ccc(-c2cn3c(C(=O)N(C)[C@H]4CCOC4)csc3n2)cc1. The lowest BCUT2D eigenvalue weighted by Gasteiger charge is -2.22. The summed E-state index contributed by atoms with van der Waals surface area (Å²) in [5, 5.41) is 1.89. The van der Waals surface area contributed by atoms with Crippen molar-refractivity contribution in [3.8, 4) is 11.3 Å². The molecule has 0 saturated carbocycles. The molecule has 0 spiro atoms. The van der Waals surface area contributed by atoms with E-state index in [0.29, 0.717) is 12.3 Å². The molecule has 6 heteroatoms. The summed E-state index contributed by atoms with van der Waals surface area (Å²) < 4.78 is 7.31. The van der Waals surface area contributed by atoms with Crippen LogP contribution < -0.4 is 0 Å². The number of carbonyl (C=O) groups excluding carboxylic acids is 1. The number of rotatable bonds is 4. The van der Waals surface area contributed by atoms with Crippen molar-refractivity contribution in [2.24, 2.45) is 0 Å². The number of benzene rings is 1. The Morgan fingerprint density at radius 1 is 1.40 bits per heavy atom. The van der Waals surface area contributed by atoms with E-state index in [2.05, 4.69) is 36.2 Å². The fraction of sp³-hybridized carbons (Fsp3) is 0.368. The molecule has 0 aliphatic carbocycles. The summed E-state index contributed by atoms with van der Waals surface area (Å²) in [6.07, 6.45) is 3.88. The number of amides is 1. The van der Waals surface area contributed by atoms with E-state index in [1.54, 1.807) is 4.90 Å². The Morgan fingerprint density at radius 3 is 2.88 bits per heavy atom. The highest BCUT2D eigenvalue weighted by molar-refractivity contribution is 7.15. The van der Waals surface area contributed by atoms with Crippen molar-refractivity contribution in [2.45, 2.75) is 25.8 Å². The predicted octanol–water partition coefficient (Wildman–Crippen LogP) is 3.49. The second-order valence-electron chi connectivity index (χ2n) is 6.38. The number of imidazole rings is 1. The summed E-state index contributed by atoms with van der Waals surface area (Å²) in [6, 6.07) is 8.60. The largest absolute Gasteiger partial charge is 0.379 e. The Kier molecular flexibility index (Phi) is 4.31. The number of thiazole rings is 1. The van der Waals surface area contributed by atoms with Crippen LogP contribution in [-0.2, 0) is 11.2 Å². The molecule has 1 fully saturated rings. The predicted molar refractivity (Wildman–Crippen MR) is 99.2 cm³/mol. The normalized spacial score (nSPS) is 17.3. The lowest BCUT2D eigenvalue weighted by Crippen LogP contribution is -2.37. The Hall–Kier alpha value is -2.18. The summed E-state index contributed by atoms with van der Waals surface area (Å²) in [4.78, 5) is 20.2. The Balaban J connectivity index is 1.64. The van der Waals surface area contributed by atoms with E-state index in [4.69, 9.17) is 4.74 Å². The lowest BCUT2D eigenvalue weighted by atomic mass is 10.1. The summed E-state index contributed by atoms with van der Waals surface area (Å²) >= 11 is 1.50. The molecule has 1 aliphatic rings. The van der Waals surface area contributed by atoms with Crippen molar-refractivity contribution < 1.29 is 9.53 Å². The van der Waals surface area contributed by atoms with E-state index in [1.165, 1.54) is 16.9 Å². The summed E-state index contributed by atoms with van der Waals surface area (Å²) in [7, 11) is 1.85. The quantitative estimate of drug-likeness (QED) is 0.720. The van der Waals surface area contributed by atoms with E-state index >= 15 is 0 Å². The van der Waals surface area contributed by atoms with Crippen LogP contribution in [0.5, 0.6) is 0 Å². The molecule has 4 rings (SSSR count). The first-order valence-corrected chi connectivity index (χ1v) is 9.46. The van der Waals surface area contributed by atoms with Crippen LogP contribution in [0.3, 0.4) is 0 Å². The van der Waals surface area contributed by atoms with Gasteiger partial charge < -0.3 is 9.64 Å². The number of aryl methyl sites for hydroxylation is 1. The van der Waals surface area contributed by atoms with Crippen molar-refractivity contribution in [3.05, 3.63) is 47.1 Å². The maximum Gasteiger partial charge on any atom is 0.271 e. The minimum atomic E-state index is 0.0204. The van der Waals surface area contributed by atoms with Crippen LogP contribution in [0.1, 0.15) is 29.4 Å². The van der Waals surface area contributed by atoms with Crippen LogP contribution in [0, 0.1) is 0 Å². The number of aromatic nitrogens is 2.